The van der Waals surface area contributed by atoms with Crippen LogP contribution in [0.1, 0.15) is 45.4 Å². The van der Waals surface area contributed by atoms with Crippen LogP contribution in [0, 0.1) is 17.3 Å². The van der Waals surface area contributed by atoms with E-state index in [1.165, 1.54) is 0 Å². The van der Waals surface area contributed by atoms with Crippen molar-refractivity contribution in [2.75, 3.05) is 0 Å². The van der Waals surface area contributed by atoms with Crippen molar-refractivity contribution in [2.24, 2.45) is 17.3 Å². The van der Waals surface area contributed by atoms with Gasteiger partial charge in [0.1, 0.15) is 0 Å². The minimum Gasteiger partial charge on any atom is -0.481 e. The van der Waals surface area contributed by atoms with Crippen molar-refractivity contribution >= 4 is 17.9 Å². The molecule has 0 spiro atoms. The van der Waals surface area contributed by atoms with E-state index >= 15 is 0 Å². The van der Waals surface area contributed by atoms with Gasteiger partial charge in [0, 0.05) is 0 Å². The Morgan fingerprint density at radius 2 is 1.84 bits per heavy atom. The summed E-state index contributed by atoms with van der Waals surface area (Å²) in [5.74, 6) is -5.18. The van der Waals surface area contributed by atoms with Crippen LogP contribution in [0.3, 0.4) is 0 Å². The van der Waals surface area contributed by atoms with Crippen LogP contribution in [0.15, 0.2) is 0 Å². The number of rotatable bonds is 6. The molecule has 1 fully saturated rings. The van der Waals surface area contributed by atoms with E-state index in [1.807, 2.05) is 0 Å². The van der Waals surface area contributed by atoms with Crippen molar-refractivity contribution in [3.63, 3.8) is 0 Å². The molecule has 3 N–H and O–H groups in total. The molecular formula is C13H20O6. The van der Waals surface area contributed by atoms with E-state index in [-0.39, 0.29) is 12.8 Å². The second-order valence-corrected chi connectivity index (χ2v) is 5.25. The highest BCUT2D eigenvalue weighted by atomic mass is 16.4. The van der Waals surface area contributed by atoms with Gasteiger partial charge in [0.2, 0.25) is 0 Å². The first-order valence-electron chi connectivity index (χ1n) is 6.54. The molecule has 0 amide bonds. The molecule has 0 aliphatic heterocycles. The first-order valence-corrected chi connectivity index (χ1v) is 6.54. The van der Waals surface area contributed by atoms with Gasteiger partial charge in [-0.1, -0.05) is 19.8 Å². The van der Waals surface area contributed by atoms with E-state index in [1.54, 1.807) is 6.92 Å². The third-order valence-corrected chi connectivity index (χ3v) is 4.21. The number of carbonyl (C=O) groups is 3. The Balaban J connectivity index is 3.09. The summed E-state index contributed by atoms with van der Waals surface area (Å²) < 4.78 is 0. The zero-order valence-electron chi connectivity index (χ0n) is 11.0. The molecule has 3 atom stereocenters. The molecule has 0 saturated heterocycles. The third-order valence-electron chi connectivity index (χ3n) is 4.21. The van der Waals surface area contributed by atoms with Crippen molar-refractivity contribution in [3.05, 3.63) is 0 Å². The second-order valence-electron chi connectivity index (χ2n) is 5.25. The fourth-order valence-electron chi connectivity index (χ4n) is 3.03. The van der Waals surface area contributed by atoms with Gasteiger partial charge < -0.3 is 15.3 Å². The molecule has 0 heterocycles. The molecule has 1 aliphatic carbocycles. The lowest BCUT2D eigenvalue weighted by molar-refractivity contribution is -0.169. The summed E-state index contributed by atoms with van der Waals surface area (Å²) in [4.78, 5) is 34.0. The van der Waals surface area contributed by atoms with E-state index in [4.69, 9.17) is 5.11 Å². The fourth-order valence-corrected chi connectivity index (χ4v) is 3.03. The number of aliphatic carboxylic acids is 3. The van der Waals surface area contributed by atoms with E-state index in [0.717, 1.165) is 0 Å². The Morgan fingerprint density at radius 3 is 2.26 bits per heavy atom. The zero-order chi connectivity index (χ0) is 14.6. The Labute approximate surface area is 111 Å². The molecule has 6 nitrogen and oxygen atoms in total. The highest BCUT2D eigenvalue weighted by Gasteiger charge is 2.52. The van der Waals surface area contributed by atoms with Crippen LogP contribution < -0.4 is 0 Å². The summed E-state index contributed by atoms with van der Waals surface area (Å²) in [7, 11) is 0. The molecule has 0 aromatic carbocycles. The normalized spacial score (nSPS) is 28.6. The van der Waals surface area contributed by atoms with Gasteiger partial charge in [-0.3, -0.25) is 14.4 Å². The van der Waals surface area contributed by atoms with Crippen LogP contribution in [-0.4, -0.2) is 33.2 Å². The average Bonchev–Trinajstić information content (AvgIpc) is 2.35. The van der Waals surface area contributed by atoms with Gasteiger partial charge in [-0.2, -0.15) is 0 Å². The van der Waals surface area contributed by atoms with Crippen LogP contribution in [0.5, 0.6) is 0 Å². The molecular weight excluding hydrogens is 252 g/mol. The summed E-state index contributed by atoms with van der Waals surface area (Å²) in [5, 5.41) is 27.8. The maximum absolute atomic E-state index is 11.6. The molecule has 3 unspecified atom stereocenters. The van der Waals surface area contributed by atoms with Gasteiger partial charge in [0.25, 0.3) is 0 Å². The second kappa shape index (κ2) is 6.04. The van der Waals surface area contributed by atoms with Gasteiger partial charge >= 0.3 is 17.9 Å². The average molecular weight is 272 g/mol. The SMILES string of the molecule is CCC(CC1(C(=O)O)CCCCC1C(=O)O)C(=O)O. The number of hydrogen-bond acceptors (Lipinski definition) is 3. The molecule has 1 saturated carbocycles. The summed E-state index contributed by atoms with van der Waals surface area (Å²) in [5.41, 5.74) is -1.44. The minimum atomic E-state index is -1.44. The first kappa shape index (κ1) is 15.5. The maximum atomic E-state index is 11.6. The van der Waals surface area contributed by atoms with Crippen molar-refractivity contribution in [1.29, 1.82) is 0 Å². The molecule has 19 heavy (non-hydrogen) atoms. The lowest BCUT2D eigenvalue weighted by Gasteiger charge is -2.39. The molecule has 0 radical (unpaired) electrons. The standard InChI is InChI=1S/C13H20O6/c1-2-8(10(14)15)7-13(12(18)19)6-4-3-5-9(13)11(16)17/h8-9H,2-7H2,1H3,(H,14,15)(H,16,17)(H,18,19). The number of carboxylic acids is 3. The molecule has 6 heteroatoms. The smallest absolute Gasteiger partial charge is 0.310 e. The van der Waals surface area contributed by atoms with Gasteiger partial charge in [-0.15, -0.1) is 0 Å². The molecule has 0 aromatic rings. The van der Waals surface area contributed by atoms with Crippen molar-refractivity contribution in [1.82, 2.24) is 0 Å². The van der Waals surface area contributed by atoms with E-state index < -0.39 is 35.2 Å². The number of carboxylic acid groups (broad SMARTS) is 3. The summed E-state index contributed by atoms with van der Waals surface area (Å²) in [6.07, 6.45) is 2.05. The largest absolute Gasteiger partial charge is 0.481 e. The molecule has 0 bridgehead atoms. The van der Waals surface area contributed by atoms with Crippen molar-refractivity contribution < 1.29 is 29.7 Å². The Bertz CT molecular complexity index is 377. The van der Waals surface area contributed by atoms with E-state index in [2.05, 4.69) is 0 Å². The lowest BCUT2D eigenvalue weighted by Crippen LogP contribution is -2.46. The third kappa shape index (κ3) is 3.05. The highest BCUT2D eigenvalue weighted by Crippen LogP contribution is 2.46. The van der Waals surface area contributed by atoms with Crippen LogP contribution in [-0.2, 0) is 14.4 Å². The zero-order valence-corrected chi connectivity index (χ0v) is 11.0. The fraction of sp³-hybridized carbons (Fsp3) is 0.769. The minimum absolute atomic E-state index is 0.106. The molecule has 1 aliphatic rings. The van der Waals surface area contributed by atoms with Gasteiger partial charge in [0.05, 0.1) is 17.3 Å². The molecule has 0 aromatic heterocycles. The van der Waals surface area contributed by atoms with Gasteiger partial charge in [0.15, 0.2) is 0 Å². The van der Waals surface area contributed by atoms with E-state index in [9.17, 15) is 24.6 Å². The van der Waals surface area contributed by atoms with Gasteiger partial charge in [-0.25, -0.2) is 0 Å². The highest BCUT2D eigenvalue weighted by molar-refractivity contribution is 5.84. The lowest BCUT2D eigenvalue weighted by atomic mass is 9.62. The monoisotopic (exact) mass is 272 g/mol. The summed E-state index contributed by atoms with van der Waals surface area (Å²) in [6, 6.07) is 0. The quantitative estimate of drug-likeness (QED) is 0.680. The number of hydrogen-bond donors (Lipinski definition) is 3. The molecule has 1 rings (SSSR count). The predicted molar refractivity (Wildman–Crippen MR) is 65.7 cm³/mol. The Morgan fingerprint density at radius 1 is 1.21 bits per heavy atom. The van der Waals surface area contributed by atoms with Crippen LogP contribution >= 0.6 is 0 Å². The van der Waals surface area contributed by atoms with Crippen molar-refractivity contribution in [3.8, 4) is 0 Å². The summed E-state index contributed by atoms with van der Waals surface area (Å²) in [6.45, 7) is 1.67. The van der Waals surface area contributed by atoms with Crippen LogP contribution in [0.2, 0.25) is 0 Å². The Kier molecular flexibility index (Phi) is 4.91. The topological polar surface area (TPSA) is 112 Å². The van der Waals surface area contributed by atoms with Gasteiger partial charge in [-0.05, 0) is 25.7 Å². The predicted octanol–water partition coefficient (Wildman–Crippen LogP) is 1.83. The van der Waals surface area contributed by atoms with E-state index in [0.29, 0.717) is 25.7 Å². The molecule has 108 valence electrons. The summed E-state index contributed by atoms with van der Waals surface area (Å²) >= 11 is 0. The first-order chi connectivity index (χ1) is 8.85. The Hall–Kier alpha value is -1.59. The van der Waals surface area contributed by atoms with Crippen LogP contribution in [0.4, 0.5) is 0 Å². The maximum Gasteiger partial charge on any atom is 0.310 e. The van der Waals surface area contributed by atoms with Crippen molar-refractivity contribution in [2.45, 2.75) is 45.4 Å². The van der Waals surface area contributed by atoms with Crippen LogP contribution in [0.25, 0.3) is 0 Å².